The van der Waals surface area contributed by atoms with Gasteiger partial charge in [-0.3, -0.25) is 9.59 Å². The lowest BCUT2D eigenvalue weighted by Crippen LogP contribution is -2.46. The van der Waals surface area contributed by atoms with Gasteiger partial charge in [-0.1, -0.05) is 13.8 Å². The Bertz CT molecular complexity index is 592. The van der Waals surface area contributed by atoms with Crippen molar-refractivity contribution in [1.82, 2.24) is 5.32 Å². The van der Waals surface area contributed by atoms with Crippen LogP contribution >= 0.6 is 0 Å². The summed E-state index contributed by atoms with van der Waals surface area (Å²) in [7, 11) is 2.93. The number of nitrogens with two attached hydrogens (primary N) is 1. The molecule has 0 aromatic heterocycles. The van der Waals surface area contributed by atoms with Crippen LogP contribution < -0.4 is 20.5 Å². The summed E-state index contributed by atoms with van der Waals surface area (Å²) in [6.07, 6.45) is 0. The predicted octanol–water partition coefficient (Wildman–Crippen LogP) is 0.487. The van der Waals surface area contributed by atoms with Crippen LogP contribution in [-0.4, -0.2) is 44.7 Å². The number of carbonyl (C=O) groups excluding carboxylic acids is 3. The number of carbonyl (C=O) groups is 3. The molecule has 3 N–H and O–H groups in total. The van der Waals surface area contributed by atoms with Crippen LogP contribution in [0, 0.1) is 5.92 Å². The van der Waals surface area contributed by atoms with Crippen molar-refractivity contribution in [2.75, 3.05) is 20.8 Å². The summed E-state index contributed by atoms with van der Waals surface area (Å²) in [5.74, 6) is -1.36. The fraction of sp³-hybridized carbons (Fsp3) is 0.438. The van der Waals surface area contributed by atoms with Crippen LogP contribution in [0.15, 0.2) is 18.2 Å². The molecule has 1 atom stereocenters. The molecule has 0 radical (unpaired) electrons. The van der Waals surface area contributed by atoms with Crippen LogP contribution in [0.2, 0.25) is 0 Å². The molecule has 0 aliphatic carbocycles. The van der Waals surface area contributed by atoms with Crippen LogP contribution in [-0.2, 0) is 14.3 Å². The number of esters is 1. The van der Waals surface area contributed by atoms with Crippen molar-refractivity contribution < 1.29 is 28.6 Å². The Balaban J connectivity index is 2.92. The third kappa shape index (κ3) is 5.45. The van der Waals surface area contributed by atoms with E-state index >= 15 is 0 Å². The number of amides is 2. The van der Waals surface area contributed by atoms with Gasteiger partial charge in [0.1, 0.15) is 17.5 Å². The molecule has 24 heavy (non-hydrogen) atoms. The molecule has 0 saturated heterocycles. The summed E-state index contributed by atoms with van der Waals surface area (Å²) >= 11 is 0. The Labute approximate surface area is 140 Å². The van der Waals surface area contributed by atoms with Gasteiger partial charge in [-0.25, -0.2) is 4.79 Å². The molecular formula is C16H22N2O6. The van der Waals surface area contributed by atoms with Gasteiger partial charge in [0.15, 0.2) is 6.61 Å². The molecule has 0 aliphatic heterocycles. The molecule has 132 valence electrons. The number of hydrogen-bond acceptors (Lipinski definition) is 6. The third-order valence-corrected chi connectivity index (χ3v) is 3.18. The van der Waals surface area contributed by atoms with Crippen LogP contribution in [0.5, 0.6) is 11.5 Å². The van der Waals surface area contributed by atoms with Crippen LogP contribution in [0.3, 0.4) is 0 Å². The number of rotatable bonds is 8. The Morgan fingerprint density at radius 3 is 2.04 bits per heavy atom. The average Bonchev–Trinajstić information content (AvgIpc) is 2.56. The van der Waals surface area contributed by atoms with Crippen molar-refractivity contribution in [3.05, 3.63) is 23.8 Å². The van der Waals surface area contributed by atoms with Crippen molar-refractivity contribution in [3.8, 4) is 11.5 Å². The van der Waals surface area contributed by atoms with E-state index in [9.17, 15) is 14.4 Å². The summed E-state index contributed by atoms with van der Waals surface area (Å²) in [5.41, 5.74) is 5.21. The Morgan fingerprint density at radius 1 is 1.08 bits per heavy atom. The SMILES string of the molecule is COc1cc(OC)cc(C(=O)N[C@H](C(=O)OCC(N)=O)C(C)C)c1. The fourth-order valence-corrected chi connectivity index (χ4v) is 1.89. The molecule has 8 heteroatoms. The summed E-state index contributed by atoms with van der Waals surface area (Å²) < 4.78 is 15.0. The monoisotopic (exact) mass is 338 g/mol. The molecule has 0 bridgehead atoms. The van der Waals surface area contributed by atoms with Gasteiger partial charge < -0.3 is 25.3 Å². The molecule has 8 nitrogen and oxygen atoms in total. The molecule has 0 spiro atoms. The molecule has 1 aromatic rings. The maximum Gasteiger partial charge on any atom is 0.329 e. The van der Waals surface area contributed by atoms with Gasteiger partial charge in [0.25, 0.3) is 11.8 Å². The van der Waals surface area contributed by atoms with Crippen LogP contribution in [0.1, 0.15) is 24.2 Å². The van der Waals surface area contributed by atoms with Crippen molar-refractivity contribution in [2.24, 2.45) is 11.7 Å². The van der Waals surface area contributed by atoms with Crippen molar-refractivity contribution in [1.29, 1.82) is 0 Å². The van der Waals surface area contributed by atoms with E-state index in [1.807, 2.05) is 0 Å². The van der Waals surface area contributed by atoms with Gasteiger partial charge in [-0.2, -0.15) is 0 Å². The molecule has 2 amide bonds. The van der Waals surface area contributed by atoms with Crippen molar-refractivity contribution >= 4 is 17.8 Å². The highest BCUT2D eigenvalue weighted by Gasteiger charge is 2.27. The number of benzene rings is 1. The lowest BCUT2D eigenvalue weighted by atomic mass is 10.0. The molecule has 0 unspecified atom stereocenters. The molecule has 0 aliphatic rings. The summed E-state index contributed by atoms with van der Waals surface area (Å²) in [4.78, 5) is 35.1. The number of hydrogen-bond donors (Lipinski definition) is 2. The van der Waals surface area contributed by atoms with E-state index in [0.29, 0.717) is 11.5 Å². The first-order valence-corrected chi connectivity index (χ1v) is 7.27. The highest BCUT2D eigenvalue weighted by atomic mass is 16.5. The molecular weight excluding hydrogens is 316 g/mol. The molecule has 1 rings (SSSR count). The lowest BCUT2D eigenvalue weighted by molar-refractivity contribution is -0.150. The lowest BCUT2D eigenvalue weighted by Gasteiger charge is -2.20. The second kappa shape index (κ2) is 8.76. The largest absolute Gasteiger partial charge is 0.497 e. The quantitative estimate of drug-likeness (QED) is 0.666. The molecule has 0 heterocycles. The summed E-state index contributed by atoms with van der Waals surface area (Å²) in [5, 5.41) is 2.58. The maximum absolute atomic E-state index is 12.4. The third-order valence-electron chi connectivity index (χ3n) is 3.18. The smallest absolute Gasteiger partial charge is 0.329 e. The first-order valence-electron chi connectivity index (χ1n) is 7.27. The van der Waals surface area contributed by atoms with Gasteiger partial charge >= 0.3 is 5.97 Å². The molecule has 0 fully saturated rings. The van der Waals surface area contributed by atoms with E-state index in [-0.39, 0.29) is 11.5 Å². The topological polar surface area (TPSA) is 117 Å². The highest BCUT2D eigenvalue weighted by Crippen LogP contribution is 2.22. The van der Waals surface area contributed by atoms with E-state index in [1.165, 1.54) is 26.4 Å². The minimum atomic E-state index is -0.922. The van der Waals surface area contributed by atoms with Crippen LogP contribution in [0.25, 0.3) is 0 Å². The first kappa shape index (κ1) is 19.3. The Hall–Kier alpha value is -2.77. The Kier molecular flexibility index (Phi) is 7.03. The second-order valence-corrected chi connectivity index (χ2v) is 5.37. The van der Waals surface area contributed by atoms with Gasteiger partial charge in [0, 0.05) is 11.6 Å². The summed E-state index contributed by atoms with van der Waals surface area (Å²) in [6, 6.07) is 3.74. The summed E-state index contributed by atoms with van der Waals surface area (Å²) in [6.45, 7) is 2.94. The minimum Gasteiger partial charge on any atom is -0.497 e. The maximum atomic E-state index is 12.4. The Morgan fingerprint density at radius 2 is 1.62 bits per heavy atom. The average molecular weight is 338 g/mol. The zero-order chi connectivity index (χ0) is 18.3. The predicted molar refractivity (Wildman–Crippen MR) is 85.8 cm³/mol. The van der Waals surface area contributed by atoms with E-state index in [4.69, 9.17) is 19.9 Å². The normalized spacial score (nSPS) is 11.5. The van der Waals surface area contributed by atoms with E-state index in [0.717, 1.165) is 0 Å². The number of primary amides is 1. The highest BCUT2D eigenvalue weighted by molar-refractivity contribution is 5.97. The molecule has 1 aromatic carbocycles. The number of ether oxygens (including phenoxy) is 3. The standard InChI is InChI=1S/C16H22N2O6/c1-9(2)14(16(21)24-8-13(17)19)18-15(20)10-5-11(22-3)7-12(6-10)23-4/h5-7,9,14H,8H2,1-4H3,(H2,17,19)(H,18,20)/t14-/m0/s1. The van der Waals surface area contributed by atoms with Crippen molar-refractivity contribution in [3.63, 3.8) is 0 Å². The van der Waals surface area contributed by atoms with Crippen molar-refractivity contribution in [2.45, 2.75) is 19.9 Å². The van der Waals surface area contributed by atoms with Gasteiger partial charge in [0.2, 0.25) is 0 Å². The van der Waals surface area contributed by atoms with E-state index in [2.05, 4.69) is 5.32 Å². The number of nitrogens with one attached hydrogen (secondary N) is 1. The van der Waals surface area contributed by atoms with Crippen LogP contribution in [0.4, 0.5) is 0 Å². The van der Waals surface area contributed by atoms with Gasteiger partial charge in [-0.15, -0.1) is 0 Å². The second-order valence-electron chi connectivity index (χ2n) is 5.37. The zero-order valence-electron chi connectivity index (χ0n) is 14.1. The first-order chi connectivity index (χ1) is 11.3. The molecule has 0 saturated carbocycles. The minimum absolute atomic E-state index is 0.248. The van der Waals surface area contributed by atoms with E-state index < -0.39 is 30.4 Å². The zero-order valence-corrected chi connectivity index (χ0v) is 14.1. The fourth-order valence-electron chi connectivity index (χ4n) is 1.89. The number of methoxy groups -OCH3 is 2. The van der Waals surface area contributed by atoms with Gasteiger partial charge in [-0.05, 0) is 18.1 Å². The van der Waals surface area contributed by atoms with Gasteiger partial charge in [0.05, 0.1) is 14.2 Å². The van der Waals surface area contributed by atoms with E-state index in [1.54, 1.807) is 19.9 Å².